The summed E-state index contributed by atoms with van der Waals surface area (Å²) in [7, 11) is 0. The lowest BCUT2D eigenvalue weighted by Crippen LogP contribution is -2.22. The summed E-state index contributed by atoms with van der Waals surface area (Å²) in [6, 6.07) is 4.69. The van der Waals surface area contributed by atoms with Crippen LogP contribution in [0.15, 0.2) is 28.8 Å². The molecule has 0 spiro atoms. The molecule has 2 aromatic heterocycles. The number of carboxylic acids is 1. The van der Waals surface area contributed by atoms with Gasteiger partial charge in [0.15, 0.2) is 0 Å². The second-order valence-electron chi connectivity index (χ2n) is 4.36. The van der Waals surface area contributed by atoms with Crippen LogP contribution in [-0.2, 0) is 6.54 Å². The van der Waals surface area contributed by atoms with Crippen LogP contribution in [0.5, 0.6) is 0 Å². The van der Waals surface area contributed by atoms with E-state index in [2.05, 4.69) is 10.3 Å². The molecule has 2 N–H and O–H groups in total. The second kappa shape index (κ2) is 5.56. The molecule has 0 radical (unpaired) electrons. The maximum absolute atomic E-state index is 11.9. The highest BCUT2D eigenvalue weighted by Gasteiger charge is 2.14. The van der Waals surface area contributed by atoms with Crippen molar-refractivity contribution in [2.75, 3.05) is 0 Å². The van der Waals surface area contributed by atoms with Gasteiger partial charge in [0.1, 0.15) is 17.1 Å². The van der Waals surface area contributed by atoms with E-state index in [0.717, 1.165) is 5.69 Å². The molecule has 2 aromatic rings. The van der Waals surface area contributed by atoms with E-state index in [0.29, 0.717) is 17.1 Å². The van der Waals surface area contributed by atoms with Crippen molar-refractivity contribution in [3.05, 3.63) is 52.7 Å². The Hall–Kier alpha value is -2.63. The molecular formula is C14H14N2O4. The molecule has 0 saturated heterocycles. The minimum Gasteiger partial charge on any atom is -0.478 e. The molecule has 6 heteroatoms. The normalized spacial score (nSPS) is 10.3. The Labute approximate surface area is 115 Å². The predicted molar refractivity (Wildman–Crippen MR) is 70.5 cm³/mol. The summed E-state index contributed by atoms with van der Waals surface area (Å²) in [5.41, 5.74) is 1.35. The summed E-state index contributed by atoms with van der Waals surface area (Å²) in [6.07, 6.45) is 1.56. The number of amides is 1. The highest BCUT2D eigenvalue weighted by molar-refractivity contribution is 5.94. The lowest BCUT2D eigenvalue weighted by molar-refractivity contribution is 0.0694. The molecule has 1 amide bonds. The maximum atomic E-state index is 11.9. The fourth-order valence-electron chi connectivity index (χ4n) is 1.80. The van der Waals surface area contributed by atoms with Gasteiger partial charge in [-0.05, 0) is 32.0 Å². The molecule has 6 nitrogen and oxygen atoms in total. The van der Waals surface area contributed by atoms with E-state index in [1.165, 1.54) is 6.07 Å². The van der Waals surface area contributed by atoms with Gasteiger partial charge in [-0.3, -0.25) is 9.78 Å². The van der Waals surface area contributed by atoms with Gasteiger partial charge in [-0.25, -0.2) is 4.79 Å². The van der Waals surface area contributed by atoms with Crippen molar-refractivity contribution < 1.29 is 19.1 Å². The Bertz CT molecular complexity index is 661. The zero-order valence-corrected chi connectivity index (χ0v) is 11.1. The molecule has 104 valence electrons. The van der Waals surface area contributed by atoms with Crippen LogP contribution in [0.2, 0.25) is 0 Å². The zero-order chi connectivity index (χ0) is 14.7. The van der Waals surface area contributed by atoms with Crippen molar-refractivity contribution in [1.29, 1.82) is 0 Å². The Morgan fingerprint density at radius 3 is 2.70 bits per heavy atom. The van der Waals surface area contributed by atoms with Gasteiger partial charge >= 0.3 is 5.97 Å². The molecule has 2 rings (SSSR count). The third-order valence-corrected chi connectivity index (χ3v) is 2.78. The third-order valence-electron chi connectivity index (χ3n) is 2.78. The number of carbonyl (C=O) groups excluding carboxylic acids is 1. The first kappa shape index (κ1) is 13.8. The third kappa shape index (κ3) is 3.03. The molecule has 0 unspecified atom stereocenters. The van der Waals surface area contributed by atoms with Crippen molar-refractivity contribution in [3.8, 4) is 0 Å². The number of carbonyl (C=O) groups is 2. The van der Waals surface area contributed by atoms with E-state index in [1.54, 1.807) is 32.2 Å². The number of carboxylic acid groups (broad SMARTS) is 1. The monoisotopic (exact) mass is 274 g/mol. The highest BCUT2D eigenvalue weighted by Crippen LogP contribution is 2.14. The number of pyridine rings is 1. The Morgan fingerprint density at radius 1 is 1.35 bits per heavy atom. The Morgan fingerprint density at radius 2 is 2.10 bits per heavy atom. The largest absolute Gasteiger partial charge is 0.478 e. The fraction of sp³-hybridized carbons (Fsp3) is 0.214. The number of nitrogens with zero attached hydrogens (tertiary/aromatic N) is 1. The van der Waals surface area contributed by atoms with Gasteiger partial charge in [0.25, 0.3) is 5.91 Å². The van der Waals surface area contributed by atoms with Gasteiger partial charge in [0.2, 0.25) is 0 Å². The standard InChI is InChI=1S/C14H14N2O4/c1-8-5-10(3-4-15-8)13(17)16-7-11-6-12(14(18)19)9(2)20-11/h3-6H,7H2,1-2H3,(H,16,17)(H,18,19). The molecule has 0 bridgehead atoms. The number of rotatable bonds is 4. The first-order valence-electron chi connectivity index (χ1n) is 6.01. The number of furan rings is 1. The van der Waals surface area contributed by atoms with E-state index in [4.69, 9.17) is 9.52 Å². The fourth-order valence-corrected chi connectivity index (χ4v) is 1.80. The smallest absolute Gasteiger partial charge is 0.339 e. The van der Waals surface area contributed by atoms with Crippen LogP contribution in [-0.4, -0.2) is 22.0 Å². The SMILES string of the molecule is Cc1cc(C(=O)NCc2cc(C(=O)O)c(C)o2)ccn1. The van der Waals surface area contributed by atoms with Crippen LogP contribution in [0.3, 0.4) is 0 Å². The van der Waals surface area contributed by atoms with Crippen molar-refractivity contribution in [1.82, 2.24) is 10.3 Å². The molecule has 0 aromatic carbocycles. The summed E-state index contributed by atoms with van der Waals surface area (Å²) >= 11 is 0. The number of nitrogens with one attached hydrogen (secondary N) is 1. The molecule has 2 heterocycles. The van der Waals surface area contributed by atoms with Crippen LogP contribution in [0.4, 0.5) is 0 Å². The lowest BCUT2D eigenvalue weighted by atomic mass is 10.2. The average Bonchev–Trinajstić information content (AvgIpc) is 2.77. The van der Waals surface area contributed by atoms with Gasteiger partial charge < -0.3 is 14.8 Å². The molecule has 0 aliphatic carbocycles. The lowest BCUT2D eigenvalue weighted by Gasteiger charge is -2.03. The van der Waals surface area contributed by atoms with Gasteiger partial charge in [-0.15, -0.1) is 0 Å². The maximum Gasteiger partial charge on any atom is 0.339 e. The molecule has 0 atom stereocenters. The quantitative estimate of drug-likeness (QED) is 0.888. The number of aryl methyl sites for hydroxylation is 2. The number of hydrogen-bond acceptors (Lipinski definition) is 4. The van der Waals surface area contributed by atoms with Crippen molar-refractivity contribution in [3.63, 3.8) is 0 Å². The zero-order valence-electron chi connectivity index (χ0n) is 11.1. The highest BCUT2D eigenvalue weighted by atomic mass is 16.4. The summed E-state index contributed by atoms with van der Waals surface area (Å²) in [5.74, 6) is -0.587. The summed E-state index contributed by atoms with van der Waals surface area (Å²) in [4.78, 5) is 26.8. The van der Waals surface area contributed by atoms with E-state index >= 15 is 0 Å². The summed E-state index contributed by atoms with van der Waals surface area (Å²) in [6.45, 7) is 3.50. The topological polar surface area (TPSA) is 92.4 Å². The van der Waals surface area contributed by atoms with Crippen molar-refractivity contribution in [2.45, 2.75) is 20.4 Å². The molecule has 20 heavy (non-hydrogen) atoms. The van der Waals surface area contributed by atoms with Crippen LogP contribution in [0, 0.1) is 13.8 Å². The van der Waals surface area contributed by atoms with Gasteiger partial charge in [-0.2, -0.15) is 0 Å². The van der Waals surface area contributed by atoms with Crippen LogP contribution in [0.25, 0.3) is 0 Å². The molecule has 0 fully saturated rings. The average molecular weight is 274 g/mol. The number of hydrogen-bond donors (Lipinski definition) is 2. The van der Waals surface area contributed by atoms with Gasteiger partial charge in [0.05, 0.1) is 6.54 Å². The van der Waals surface area contributed by atoms with Crippen LogP contribution >= 0.6 is 0 Å². The number of aromatic nitrogens is 1. The van der Waals surface area contributed by atoms with E-state index in [-0.39, 0.29) is 18.0 Å². The Balaban J connectivity index is 2.04. The molecule has 0 aliphatic heterocycles. The Kier molecular flexibility index (Phi) is 3.84. The predicted octanol–water partition coefficient (Wildman–Crippen LogP) is 1.92. The van der Waals surface area contributed by atoms with E-state index in [1.807, 2.05) is 0 Å². The second-order valence-corrected chi connectivity index (χ2v) is 4.36. The first-order chi connectivity index (χ1) is 9.47. The van der Waals surface area contributed by atoms with Crippen molar-refractivity contribution in [2.24, 2.45) is 0 Å². The first-order valence-corrected chi connectivity index (χ1v) is 6.01. The van der Waals surface area contributed by atoms with Gasteiger partial charge in [0, 0.05) is 17.5 Å². The minimum atomic E-state index is -1.05. The van der Waals surface area contributed by atoms with Crippen molar-refractivity contribution >= 4 is 11.9 Å². The molecular weight excluding hydrogens is 260 g/mol. The summed E-state index contributed by atoms with van der Waals surface area (Å²) < 4.78 is 5.28. The number of aromatic carboxylic acids is 1. The summed E-state index contributed by atoms with van der Waals surface area (Å²) in [5, 5.41) is 11.6. The van der Waals surface area contributed by atoms with E-state index in [9.17, 15) is 9.59 Å². The van der Waals surface area contributed by atoms with Gasteiger partial charge in [-0.1, -0.05) is 0 Å². The molecule has 0 saturated carbocycles. The minimum absolute atomic E-state index is 0.106. The van der Waals surface area contributed by atoms with Crippen LogP contribution < -0.4 is 5.32 Å². The molecule has 0 aliphatic rings. The van der Waals surface area contributed by atoms with E-state index < -0.39 is 5.97 Å². The van der Waals surface area contributed by atoms with Crippen LogP contribution in [0.1, 0.15) is 37.9 Å².